The molecule has 34 heavy (non-hydrogen) atoms. The largest absolute Gasteiger partial charge is 0.481 e. The molecule has 0 aliphatic carbocycles. The first kappa shape index (κ1) is 32.8. The highest BCUT2D eigenvalue weighted by Crippen LogP contribution is 2.25. The third-order valence-electron chi connectivity index (χ3n) is 6.09. The molecule has 0 spiro atoms. The molecule has 0 radical (unpaired) electrons. The van der Waals surface area contributed by atoms with E-state index in [-0.39, 0.29) is 11.3 Å². The Morgan fingerprint density at radius 2 is 1.09 bits per heavy atom. The molecule has 0 saturated carbocycles. The number of hydrogen-bond donors (Lipinski definition) is 3. The van der Waals surface area contributed by atoms with Gasteiger partial charge in [0.25, 0.3) is 0 Å². The fourth-order valence-electron chi connectivity index (χ4n) is 3.52. The number of carboxylic acid groups (broad SMARTS) is 1. The number of amides is 1. The van der Waals surface area contributed by atoms with E-state index in [0.717, 1.165) is 38.5 Å². The molecule has 8 nitrogen and oxygen atoms in total. The SMILES string of the molecule is CC(C)(CCCCCCCCCCC(C)(C)C(=O)NCCOCCOCCOCCN)C(=O)O. The Kier molecular flexibility index (Phi) is 19.3. The molecule has 0 fully saturated rings. The van der Waals surface area contributed by atoms with Gasteiger partial charge in [-0.25, -0.2) is 0 Å². The molecule has 4 N–H and O–H groups in total. The monoisotopic (exact) mass is 488 g/mol. The predicted molar refractivity (Wildman–Crippen MR) is 136 cm³/mol. The molecule has 0 saturated heterocycles. The lowest BCUT2D eigenvalue weighted by molar-refractivity contribution is -0.147. The van der Waals surface area contributed by atoms with Crippen LogP contribution in [-0.2, 0) is 23.8 Å². The van der Waals surface area contributed by atoms with Crippen LogP contribution < -0.4 is 11.1 Å². The zero-order chi connectivity index (χ0) is 25.7. The van der Waals surface area contributed by atoms with Crippen LogP contribution in [0.1, 0.15) is 91.9 Å². The zero-order valence-electron chi connectivity index (χ0n) is 22.3. The highest BCUT2D eigenvalue weighted by atomic mass is 16.5. The van der Waals surface area contributed by atoms with E-state index in [4.69, 9.17) is 25.1 Å². The van der Waals surface area contributed by atoms with Crippen molar-refractivity contribution in [2.24, 2.45) is 16.6 Å². The summed E-state index contributed by atoms with van der Waals surface area (Å²) in [7, 11) is 0. The first-order valence-electron chi connectivity index (χ1n) is 13.1. The molecule has 8 heteroatoms. The van der Waals surface area contributed by atoms with Crippen molar-refractivity contribution < 1.29 is 28.9 Å². The molecule has 0 atom stereocenters. The molecule has 0 aliphatic heterocycles. The first-order valence-corrected chi connectivity index (χ1v) is 13.1. The van der Waals surface area contributed by atoms with Crippen LogP contribution in [0.5, 0.6) is 0 Å². The van der Waals surface area contributed by atoms with Gasteiger partial charge in [-0.3, -0.25) is 9.59 Å². The van der Waals surface area contributed by atoms with E-state index in [1.807, 2.05) is 13.8 Å². The van der Waals surface area contributed by atoms with Crippen LogP contribution in [0.25, 0.3) is 0 Å². The summed E-state index contributed by atoms with van der Waals surface area (Å²) < 4.78 is 16.1. The number of hydrogen-bond acceptors (Lipinski definition) is 6. The smallest absolute Gasteiger partial charge is 0.309 e. The summed E-state index contributed by atoms with van der Waals surface area (Å²) in [5.41, 5.74) is 4.35. The second-order valence-corrected chi connectivity index (χ2v) is 10.3. The summed E-state index contributed by atoms with van der Waals surface area (Å²) in [6.45, 7) is 11.7. The number of nitrogens with two attached hydrogens (primary N) is 1. The standard InChI is InChI=1S/C26H52N2O6/c1-25(2,23(29)28-16-18-33-20-22-34-21-19-32-17-15-27)13-11-9-7-5-6-8-10-12-14-26(3,4)24(30)31/h5-22,27H2,1-4H3,(H,28,29)(H,30,31). The topological polar surface area (TPSA) is 120 Å². The zero-order valence-corrected chi connectivity index (χ0v) is 22.3. The number of rotatable bonds is 24. The molecule has 202 valence electrons. The maximum atomic E-state index is 12.5. The summed E-state index contributed by atoms with van der Waals surface area (Å²) in [5, 5.41) is 12.1. The molecule has 0 rings (SSSR count). The summed E-state index contributed by atoms with van der Waals surface area (Å²) in [6.07, 6.45) is 10.7. The van der Waals surface area contributed by atoms with Gasteiger partial charge in [-0.2, -0.15) is 0 Å². The summed E-state index contributed by atoms with van der Waals surface area (Å²) in [6, 6.07) is 0. The molecule has 0 heterocycles. The lowest BCUT2D eigenvalue weighted by Crippen LogP contribution is -2.38. The fourth-order valence-corrected chi connectivity index (χ4v) is 3.52. The van der Waals surface area contributed by atoms with E-state index < -0.39 is 11.4 Å². The van der Waals surface area contributed by atoms with E-state index in [1.165, 1.54) is 25.7 Å². The number of carbonyl (C=O) groups excluding carboxylic acids is 1. The van der Waals surface area contributed by atoms with Crippen molar-refractivity contribution in [1.29, 1.82) is 0 Å². The summed E-state index contributed by atoms with van der Waals surface area (Å²) in [4.78, 5) is 23.6. The second-order valence-electron chi connectivity index (χ2n) is 10.3. The number of aliphatic carboxylic acids is 1. The lowest BCUT2D eigenvalue weighted by atomic mass is 9.85. The number of ether oxygens (including phenoxy) is 3. The van der Waals surface area contributed by atoms with Gasteiger partial charge in [-0.15, -0.1) is 0 Å². The molecule has 0 bridgehead atoms. The Labute approximate surface area is 207 Å². The van der Waals surface area contributed by atoms with Crippen molar-refractivity contribution in [3.63, 3.8) is 0 Å². The van der Waals surface area contributed by atoms with E-state index in [9.17, 15) is 9.59 Å². The van der Waals surface area contributed by atoms with Crippen LogP contribution in [0.2, 0.25) is 0 Å². The highest BCUT2D eigenvalue weighted by Gasteiger charge is 2.27. The molecular formula is C26H52N2O6. The van der Waals surface area contributed by atoms with E-state index >= 15 is 0 Å². The average Bonchev–Trinajstić information content (AvgIpc) is 2.78. The first-order chi connectivity index (χ1) is 16.1. The van der Waals surface area contributed by atoms with Crippen molar-refractivity contribution in [2.75, 3.05) is 52.7 Å². The van der Waals surface area contributed by atoms with E-state index in [0.29, 0.717) is 52.7 Å². The minimum atomic E-state index is -0.709. The van der Waals surface area contributed by atoms with Crippen molar-refractivity contribution in [1.82, 2.24) is 5.32 Å². The van der Waals surface area contributed by atoms with Gasteiger partial charge >= 0.3 is 5.97 Å². The van der Waals surface area contributed by atoms with Crippen LogP contribution in [0, 0.1) is 10.8 Å². The molecule has 1 amide bonds. The van der Waals surface area contributed by atoms with Crippen LogP contribution in [0.4, 0.5) is 0 Å². The van der Waals surface area contributed by atoms with Gasteiger partial charge in [0.15, 0.2) is 0 Å². The van der Waals surface area contributed by atoms with Crippen molar-refractivity contribution in [2.45, 2.75) is 91.9 Å². The van der Waals surface area contributed by atoms with Gasteiger partial charge in [0.1, 0.15) is 0 Å². The minimum absolute atomic E-state index is 0.0775. The molecule has 0 unspecified atom stereocenters. The molecule has 0 aromatic heterocycles. The second kappa shape index (κ2) is 20.0. The third-order valence-corrected chi connectivity index (χ3v) is 6.09. The quantitative estimate of drug-likeness (QED) is 0.175. The Bertz CT molecular complexity index is 525. The van der Waals surface area contributed by atoms with Gasteiger partial charge in [-0.05, 0) is 26.7 Å². The molecule has 0 aromatic carbocycles. The maximum Gasteiger partial charge on any atom is 0.309 e. The number of carbonyl (C=O) groups is 2. The van der Waals surface area contributed by atoms with Gasteiger partial charge in [-0.1, -0.05) is 65.2 Å². The normalized spacial score (nSPS) is 12.1. The number of unbranched alkanes of at least 4 members (excludes halogenated alkanes) is 7. The molecule has 0 aromatic rings. The predicted octanol–water partition coefficient (Wildman–Crippen LogP) is 4.15. The van der Waals surface area contributed by atoms with Gasteiger partial charge < -0.3 is 30.4 Å². The Hall–Kier alpha value is -1.22. The Morgan fingerprint density at radius 1 is 0.676 bits per heavy atom. The van der Waals surface area contributed by atoms with Crippen LogP contribution in [-0.4, -0.2) is 69.7 Å². The molecular weight excluding hydrogens is 436 g/mol. The van der Waals surface area contributed by atoms with Crippen LogP contribution in [0.15, 0.2) is 0 Å². The van der Waals surface area contributed by atoms with Crippen LogP contribution >= 0.6 is 0 Å². The van der Waals surface area contributed by atoms with Gasteiger partial charge in [0.2, 0.25) is 5.91 Å². The highest BCUT2D eigenvalue weighted by molar-refractivity contribution is 5.81. The van der Waals surface area contributed by atoms with Gasteiger partial charge in [0.05, 0.1) is 45.1 Å². The third kappa shape index (κ3) is 18.2. The van der Waals surface area contributed by atoms with E-state index in [1.54, 1.807) is 13.8 Å². The lowest BCUT2D eigenvalue weighted by Gasteiger charge is -2.23. The van der Waals surface area contributed by atoms with Crippen molar-refractivity contribution in [3.05, 3.63) is 0 Å². The van der Waals surface area contributed by atoms with Crippen molar-refractivity contribution in [3.8, 4) is 0 Å². The number of nitrogens with one attached hydrogen (secondary N) is 1. The maximum absolute atomic E-state index is 12.5. The number of carboxylic acids is 1. The van der Waals surface area contributed by atoms with Crippen LogP contribution in [0.3, 0.4) is 0 Å². The summed E-state index contributed by atoms with van der Waals surface area (Å²) in [5.74, 6) is -0.631. The minimum Gasteiger partial charge on any atom is -0.481 e. The van der Waals surface area contributed by atoms with Crippen molar-refractivity contribution >= 4 is 11.9 Å². The van der Waals surface area contributed by atoms with E-state index in [2.05, 4.69) is 5.32 Å². The Balaban J connectivity index is 3.58. The van der Waals surface area contributed by atoms with Gasteiger partial charge in [0, 0.05) is 18.5 Å². The summed E-state index contributed by atoms with van der Waals surface area (Å²) >= 11 is 0. The molecule has 0 aliphatic rings. The average molecular weight is 489 g/mol. The Morgan fingerprint density at radius 3 is 1.56 bits per heavy atom. The fraction of sp³-hybridized carbons (Fsp3) is 0.923.